The third-order valence-corrected chi connectivity index (χ3v) is 0.998. The van der Waals surface area contributed by atoms with Gasteiger partial charge < -0.3 is 5.11 Å². The van der Waals surface area contributed by atoms with E-state index in [1.165, 1.54) is 0 Å². The number of hydrogen-bond donors (Lipinski definition) is 1. The number of aliphatic carboxylic acids is 1. The minimum absolute atomic E-state index is 0. The normalized spacial score (nSPS) is 11.9. The van der Waals surface area contributed by atoms with Crippen LogP contribution in [0.3, 0.4) is 0 Å². The van der Waals surface area contributed by atoms with Crippen molar-refractivity contribution in [3.8, 4) is 0 Å². The second-order valence-corrected chi connectivity index (χ2v) is 2.13. The van der Waals surface area contributed by atoms with Crippen LogP contribution >= 0.6 is 0 Å². The summed E-state index contributed by atoms with van der Waals surface area (Å²) in [6.07, 6.45) is 0. The molecule has 0 aliphatic heterocycles. The van der Waals surface area contributed by atoms with Crippen LogP contribution in [0, 0.1) is 10.8 Å². The maximum absolute atomic E-state index is 10.1. The molecule has 0 bridgehead atoms. The van der Waals surface area contributed by atoms with Gasteiger partial charge in [0.25, 0.3) is 0 Å². The van der Waals surface area contributed by atoms with Gasteiger partial charge in [-0.05, 0) is 5.92 Å². The van der Waals surface area contributed by atoms with Gasteiger partial charge >= 0.3 is 43.7 Å². The van der Waals surface area contributed by atoms with Gasteiger partial charge in [-0.15, -0.1) is 4.91 Å². The van der Waals surface area contributed by atoms with E-state index < -0.39 is 12.0 Å². The maximum atomic E-state index is 10.1. The van der Waals surface area contributed by atoms with Crippen molar-refractivity contribution in [3.63, 3.8) is 0 Å². The summed E-state index contributed by atoms with van der Waals surface area (Å²) in [5.41, 5.74) is 0. The minimum atomic E-state index is -1.15. The van der Waals surface area contributed by atoms with Gasteiger partial charge in [-0.3, -0.25) is 0 Å². The molecule has 0 saturated carbocycles. The number of carboxylic acid groups (broad SMARTS) is 1. The van der Waals surface area contributed by atoms with E-state index >= 15 is 0 Å². The summed E-state index contributed by atoms with van der Waals surface area (Å²) in [5.74, 6) is -1.38. The first-order chi connectivity index (χ1) is 4.09. The molecule has 0 aromatic rings. The summed E-state index contributed by atoms with van der Waals surface area (Å²) in [6, 6.07) is -1.09. The number of nitrogens with zero attached hydrogens (tertiary/aromatic N) is 1. The van der Waals surface area contributed by atoms with E-state index in [1.807, 2.05) is 0 Å². The zero-order valence-corrected chi connectivity index (χ0v) is 5.37. The van der Waals surface area contributed by atoms with Crippen molar-refractivity contribution in [2.24, 2.45) is 11.1 Å². The predicted molar refractivity (Wildman–Crippen MR) is 40.6 cm³/mol. The van der Waals surface area contributed by atoms with E-state index in [9.17, 15) is 9.70 Å². The summed E-state index contributed by atoms with van der Waals surface area (Å²) < 4.78 is 0. The van der Waals surface area contributed by atoms with Crippen molar-refractivity contribution in [1.82, 2.24) is 0 Å². The molecule has 0 rings (SSSR count). The molecule has 0 spiro atoms. The van der Waals surface area contributed by atoms with E-state index in [2.05, 4.69) is 5.18 Å². The Kier molecular flexibility index (Phi) is 7.86. The fourth-order valence-electron chi connectivity index (χ4n) is 0.452. The number of nitroso groups, excluding NO2 is 1. The average molecular weight is 173 g/mol. The molecule has 5 heteroatoms. The van der Waals surface area contributed by atoms with Crippen LogP contribution in [0.2, 0.25) is 0 Å². The fourth-order valence-corrected chi connectivity index (χ4v) is 0.452. The van der Waals surface area contributed by atoms with Crippen LogP contribution in [0.15, 0.2) is 5.18 Å². The molecule has 1 unspecified atom stereocenters. The molecule has 0 saturated heterocycles. The molecule has 4 nitrogen and oxygen atoms in total. The predicted octanol–water partition coefficient (Wildman–Crippen LogP) is -0.0542. The van der Waals surface area contributed by atoms with Gasteiger partial charge in [0.2, 0.25) is 0 Å². The number of hydrogen-bond acceptors (Lipinski definition) is 3. The quantitative estimate of drug-likeness (QED) is 0.480. The van der Waals surface area contributed by atoms with E-state index in [-0.39, 0.29) is 43.7 Å². The monoisotopic (exact) mass is 173 g/mol. The van der Waals surface area contributed by atoms with Gasteiger partial charge in [0.05, 0.1) is 0 Å². The first-order valence-corrected chi connectivity index (χ1v) is 2.65. The van der Waals surface area contributed by atoms with Gasteiger partial charge in [0, 0.05) is 0 Å². The Bertz CT molecular complexity index is 126. The fraction of sp³-hybridized carbons (Fsp3) is 0.800. The number of carboxylic acids is 1. The summed E-state index contributed by atoms with van der Waals surface area (Å²) >= 11 is 0. The average Bonchev–Trinajstić information content (AvgIpc) is 1.64. The molecule has 56 valence electrons. The van der Waals surface area contributed by atoms with Crippen LogP contribution in [-0.4, -0.2) is 54.9 Å². The van der Waals surface area contributed by atoms with Crippen LogP contribution in [0.1, 0.15) is 13.8 Å². The molecular formula is C5H11CaNO3. The van der Waals surface area contributed by atoms with Crippen molar-refractivity contribution in [3.05, 3.63) is 4.91 Å². The van der Waals surface area contributed by atoms with Crippen LogP contribution in [-0.2, 0) is 4.79 Å². The summed E-state index contributed by atoms with van der Waals surface area (Å²) in [5, 5.41) is 10.7. The molecule has 0 radical (unpaired) electrons. The molecule has 0 aliphatic carbocycles. The summed E-state index contributed by atoms with van der Waals surface area (Å²) in [6.45, 7) is 3.28. The number of rotatable bonds is 3. The van der Waals surface area contributed by atoms with Gasteiger partial charge in [-0.25, -0.2) is 4.79 Å². The van der Waals surface area contributed by atoms with Crippen molar-refractivity contribution in [2.45, 2.75) is 19.9 Å². The molecule has 0 aromatic carbocycles. The zero-order valence-electron chi connectivity index (χ0n) is 5.37. The summed E-state index contributed by atoms with van der Waals surface area (Å²) in [4.78, 5) is 19.8. The van der Waals surface area contributed by atoms with E-state index in [4.69, 9.17) is 5.11 Å². The molecule has 0 heterocycles. The third kappa shape index (κ3) is 4.19. The molecule has 0 fully saturated rings. The van der Waals surface area contributed by atoms with E-state index in [0.29, 0.717) is 0 Å². The van der Waals surface area contributed by atoms with Crippen molar-refractivity contribution in [2.75, 3.05) is 0 Å². The van der Waals surface area contributed by atoms with Gasteiger partial charge in [0.1, 0.15) is 0 Å². The first-order valence-electron chi connectivity index (χ1n) is 2.65. The Morgan fingerprint density at radius 2 is 1.90 bits per heavy atom. The molecule has 1 N–H and O–H groups in total. The second kappa shape index (κ2) is 6.07. The van der Waals surface area contributed by atoms with Crippen LogP contribution in [0.5, 0.6) is 0 Å². The molecular weight excluding hydrogens is 162 g/mol. The van der Waals surface area contributed by atoms with Crippen LogP contribution < -0.4 is 0 Å². The van der Waals surface area contributed by atoms with Crippen molar-refractivity contribution in [1.29, 1.82) is 0 Å². The Morgan fingerprint density at radius 1 is 1.50 bits per heavy atom. The van der Waals surface area contributed by atoms with Crippen molar-refractivity contribution >= 4 is 43.7 Å². The van der Waals surface area contributed by atoms with Crippen LogP contribution in [0.4, 0.5) is 0 Å². The van der Waals surface area contributed by atoms with Gasteiger partial charge in [-0.1, -0.05) is 19.0 Å². The molecule has 1 atom stereocenters. The second-order valence-electron chi connectivity index (χ2n) is 2.13. The standard InChI is InChI=1S/C5H9NO3.Ca.2H/c1-3(2)4(6-9)5(7)8;;;/h3-4H,1-2H3,(H,7,8);;;. The Morgan fingerprint density at radius 3 is 1.90 bits per heavy atom. The Balaban J connectivity index is 0. The topological polar surface area (TPSA) is 66.7 Å². The Hall–Kier alpha value is 0.330. The van der Waals surface area contributed by atoms with Gasteiger partial charge in [0.15, 0.2) is 6.04 Å². The zero-order chi connectivity index (χ0) is 7.44. The number of carbonyl (C=O) groups is 1. The van der Waals surface area contributed by atoms with Crippen LogP contribution in [0.25, 0.3) is 0 Å². The molecule has 0 amide bonds. The molecule has 10 heavy (non-hydrogen) atoms. The van der Waals surface area contributed by atoms with E-state index in [1.54, 1.807) is 13.8 Å². The molecule has 0 aliphatic rings. The Labute approximate surface area is 89.0 Å². The third-order valence-electron chi connectivity index (χ3n) is 0.998. The first kappa shape index (κ1) is 13.0. The SMILES string of the molecule is CC(C)C(N=O)C(=O)O.[CaH2]. The summed E-state index contributed by atoms with van der Waals surface area (Å²) in [7, 11) is 0. The van der Waals surface area contributed by atoms with Crippen molar-refractivity contribution < 1.29 is 9.90 Å². The van der Waals surface area contributed by atoms with E-state index in [0.717, 1.165) is 0 Å². The van der Waals surface area contributed by atoms with Gasteiger partial charge in [-0.2, -0.15) is 0 Å². The molecule has 0 aromatic heterocycles.